The van der Waals surface area contributed by atoms with E-state index in [2.05, 4.69) is 6.58 Å². The van der Waals surface area contributed by atoms with Gasteiger partial charge in [-0.2, -0.15) is 0 Å². The highest BCUT2D eigenvalue weighted by Crippen LogP contribution is 2.28. The second-order valence-electron chi connectivity index (χ2n) is 4.07. The lowest BCUT2D eigenvalue weighted by molar-refractivity contribution is 0.661. The van der Waals surface area contributed by atoms with Crippen LogP contribution in [0.3, 0.4) is 0 Å². The largest absolute Gasteiger partial charge is 0.378 e. The molecule has 0 saturated carbocycles. The molecule has 17 heavy (non-hydrogen) atoms. The summed E-state index contributed by atoms with van der Waals surface area (Å²) < 4.78 is 0. The summed E-state index contributed by atoms with van der Waals surface area (Å²) in [6.07, 6.45) is 3.67. The average molecular weight is 275 g/mol. The van der Waals surface area contributed by atoms with Crippen LogP contribution in [0.15, 0.2) is 30.9 Å². The van der Waals surface area contributed by atoms with Crippen molar-refractivity contribution in [3.63, 3.8) is 0 Å². The van der Waals surface area contributed by atoms with Crippen LogP contribution in [-0.4, -0.2) is 14.1 Å². The number of benzene rings is 1. The van der Waals surface area contributed by atoms with E-state index in [1.807, 2.05) is 43.3 Å². The standard InChI is InChI=1S/C13H19ClN2.ClH/c1-4-5-6-13(15)11-8-7-10(16(2)3)9-12(11)14;/h4,7-9,13H,1,5-6,15H2,2-3H3;1H/t13-;/m0./s1. The van der Waals surface area contributed by atoms with Crippen molar-refractivity contribution in [2.45, 2.75) is 18.9 Å². The third-order valence-electron chi connectivity index (χ3n) is 2.58. The Morgan fingerprint density at radius 2 is 2.12 bits per heavy atom. The third kappa shape index (κ3) is 4.58. The Bertz CT molecular complexity index is 364. The van der Waals surface area contributed by atoms with Crippen LogP contribution in [0.5, 0.6) is 0 Å². The zero-order valence-electron chi connectivity index (χ0n) is 10.3. The van der Waals surface area contributed by atoms with E-state index in [9.17, 15) is 0 Å². The fourth-order valence-electron chi connectivity index (χ4n) is 1.55. The molecular formula is C13H20Cl2N2. The molecule has 0 unspecified atom stereocenters. The Morgan fingerprint density at radius 1 is 1.47 bits per heavy atom. The van der Waals surface area contributed by atoms with E-state index >= 15 is 0 Å². The molecule has 0 amide bonds. The zero-order valence-corrected chi connectivity index (χ0v) is 11.9. The number of hydrogen-bond donors (Lipinski definition) is 1. The van der Waals surface area contributed by atoms with Crippen LogP contribution in [0.25, 0.3) is 0 Å². The summed E-state index contributed by atoms with van der Waals surface area (Å²) in [6, 6.07) is 5.98. The first-order chi connectivity index (χ1) is 7.56. The molecule has 0 heterocycles. The van der Waals surface area contributed by atoms with Gasteiger partial charge in [0.2, 0.25) is 0 Å². The van der Waals surface area contributed by atoms with Crippen LogP contribution in [-0.2, 0) is 0 Å². The number of nitrogens with two attached hydrogens (primary N) is 1. The van der Waals surface area contributed by atoms with E-state index < -0.39 is 0 Å². The molecule has 0 aliphatic rings. The second-order valence-corrected chi connectivity index (χ2v) is 4.48. The summed E-state index contributed by atoms with van der Waals surface area (Å²) in [7, 11) is 3.98. The van der Waals surface area contributed by atoms with E-state index in [4.69, 9.17) is 17.3 Å². The van der Waals surface area contributed by atoms with Crippen molar-refractivity contribution < 1.29 is 0 Å². The number of halogens is 2. The smallest absolute Gasteiger partial charge is 0.0474 e. The number of allylic oxidation sites excluding steroid dienone is 1. The lowest BCUT2D eigenvalue weighted by Crippen LogP contribution is -2.12. The van der Waals surface area contributed by atoms with Crippen LogP contribution in [0, 0.1) is 0 Å². The highest BCUT2D eigenvalue weighted by molar-refractivity contribution is 6.31. The van der Waals surface area contributed by atoms with Gasteiger partial charge in [0.15, 0.2) is 0 Å². The Morgan fingerprint density at radius 3 is 2.59 bits per heavy atom. The lowest BCUT2D eigenvalue weighted by atomic mass is 10.0. The lowest BCUT2D eigenvalue weighted by Gasteiger charge is -2.17. The highest BCUT2D eigenvalue weighted by Gasteiger charge is 2.10. The second kappa shape index (κ2) is 7.59. The van der Waals surface area contributed by atoms with Crippen molar-refractivity contribution in [1.82, 2.24) is 0 Å². The van der Waals surface area contributed by atoms with Gasteiger partial charge in [-0.1, -0.05) is 23.7 Å². The minimum absolute atomic E-state index is 0. The summed E-state index contributed by atoms with van der Waals surface area (Å²) >= 11 is 6.21. The monoisotopic (exact) mass is 274 g/mol. The molecule has 0 saturated heterocycles. The predicted octanol–water partition coefficient (Wildman–Crippen LogP) is 3.79. The molecule has 1 atom stereocenters. The van der Waals surface area contributed by atoms with E-state index in [0.29, 0.717) is 0 Å². The van der Waals surface area contributed by atoms with Crippen molar-refractivity contribution in [3.05, 3.63) is 41.4 Å². The Kier molecular flexibility index (Phi) is 7.28. The van der Waals surface area contributed by atoms with E-state index in [1.165, 1.54) is 0 Å². The topological polar surface area (TPSA) is 29.3 Å². The van der Waals surface area contributed by atoms with Gasteiger partial charge in [0.25, 0.3) is 0 Å². The highest BCUT2D eigenvalue weighted by atomic mass is 35.5. The van der Waals surface area contributed by atoms with Gasteiger partial charge < -0.3 is 10.6 Å². The quantitative estimate of drug-likeness (QED) is 0.828. The molecule has 2 N–H and O–H groups in total. The Hall–Kier alpha value is -0.700. The molecule has 1 aromatic carbocycles. The summed E-state index contributed by atoms with van der Waals surface area (Å²) in [5, 5.41) is 0.739. The molecule has 96 valence electrons. The molecule has 1 rings (SSSR count). The third-order valence-corrected chi connectivity index (χ3v) is 2.91. The Labute approximate surface area is 115 Å². The molecule has 2 nitrogen and oxygen atoms in total. The van der Waals surface area contributed by atoms with E-state index in [-0.39, 0.29) is 18.4 Å². The van der Waals surface area contributed by atoms with Crippen molar-refractivity contribution in [2.24, 2.45) is 5.73 Å². The molecular weight excluding hydrogens is 255 g/mol. The maximum Gasteiger partial charge on any atom is 0.0474 e. The number of hydrogen-bond acceptors (Lipinski definition) is 2. The SMILES string of the molecule is C=CCC[C@H](N)c1ccc(N(C)C)cc1Cl.Cl. The molecule has 0 aliphatic carbocycles. The van der Waals surface area contributed by atoms with Gasteiger partial charge in [-0.25, -0.2) is 0 Å². The summed E-state index contributed by atoms with van der Waals surface area (Å²) in [5.74, 6) is 0. The first-order valence-electron chi connectivity index (χ1n) is 5.39. The molecule has 4 heteroatoms. The normalized spacial score (nSPS) is 11.5. The summed E-state index contributed by atoms with van der Waals surface area (Å²) in [4.78, 5) is 2.02. The minimum Gasteiger partial charge on any atom is -0.378 e. The van der Waals surface area contributed by atoms with Crippen molar-refractivity contribution >= 4 is 29.7 Å². The molecule has 0 bridgehead atoms. The molecule has 0 radical (unpaired) electrons. The predicted molar refractivity (Wildman–Crippen MR) is 79.4 cm³/mol. The molecule has 0 aliphatic heterocycles. The fraction of sp³-hybridized carbons (Fsp3) is 0.385. The van der Waals surface area contributed by atoms with Gasteiger partial charge in [-0.3, -0.25) is 0 Å². The number of rotatable bonds is 5. The van der Waals surface area contributed by atoms with Crippen LogP contribution < -0.4 is 10.6 Å². The van der Waals surface area contributed by atoms with Crippen LogP contribution in [0.1, 0.15) is 24.4 Å². The molecule has 0 aromatic heterocycles. The molecule has 1 aromatic rings. The van der Waals surface area contributed by atoms with Crippen molar-refractivity contribution in [3.8, 4) is 0 Å². The molecule has 0 fully saturated rings. The maximum absolute atomic E-state index is 6.21. The average Bonchev–Trinajstić information content (AvgIpc) is 2.25. The number of nitrogens with zero attached hydrogens (tertiary/aromatic N) is 1. The van der Waals surface area contributed by atoms with Crippen molar-refractivity contribution in [1.29, 1.82) is 0 Å². The molecule has 0 spiro atoms. The fourth-order valence-corrected chi connectivity index (χ4v) is 1.86. The van der Waals surface area contributed by atoms with Gasteiger partial charge in [0.05, 0.1) is 0 Å². The maximum atomic E-state index is 6.21. The van der Waals surface area contributed by atoms with Gasteiger partial charge in [0, 0.05) is 30.8 Å². The van der Waals surface area contributed by atoms with Crippen LogP contribution in [0.2, 0.25) is 5.02 Å². The van der Waals surface area contributed by atoms with E-state index in [1.54, 1.807) is 0 Å². The van der Waals surface area contributed by atoms with Crippen LogP contribution >= 0.6 is 24.0 Å². The minimum atomic E-state index is -0.0123. The zero-order chi connectivity index (χ0) is 12.1. The van der Waals surface area contributed by atoms with Gasteiger partial charge in [-0.05, 0) is 30.5 Å². The number of anilines is 1. The van der Waals surface area contributed by atoms with E-state index in [0.717, 1.165) is 29.1 Å². The van der Waals surface area contributed by atoms with Gasteiger partial charge >= 0.3 is 0 Å². The van der Waals surface area contributed by atoms with Crippen molar-refractivity contribution in [2.75, 3.05) is 19.0 Å². The van der Waals surface area contributed by atoms with Gasteiger partial charge in [0.1, 0.15) is 0 Å². The van der Waals surface area contributed by atoms with Crippen LogP contribution in [0.4, 0.5) is 5.69 Å². The Balaban J connectivity index is 0.00000256. The summed E-state index contributed by atoms with van der Waals surface area (Å²) in [6.45, 7) is 3.69. The summed E-state index contributed by atoms with van der Waals surface area (Å²) in [5.41, 5.74) is 8.16. The van der Waals surface area contributed by atoms with Gasteiger partial charge in [-0.15, -0.1) is 19.0 Å². The first-order valence-corrected chi connectivity index (χ1v) is 5.77. The first kappa shape index (κ1) is 16.3.